The van der Waals surface area contributed by atoms with Crippen molar-refractivity contribution >= 4 is 17.5 Å². The molecule has 0 radical (unpaired) electrons. The summed E-state index contributed by atoms with van der Waals surface area (Å²) in [7, 11) is 3.95. The quantitative estimate of drug-likeness (QED) is 0.816. The molecular weight excluding hydrogens is 366 g/mol. The molecule has 154 valence electrons. The van der Waals surface area contributed by atoms with Crippen molar-refractivity contribution < 1.29 is 14.3 Å². The van der Waals surface area contributed by atoms with E-state index in [2.05, 4.69) is 5.32 Å². The lowest BCUT2D eigenvalue weighted by atomic mass is 10.0. The monoisotopic (exact) mass is 395 g/mol. The maximum absolute atomic E-state index is 12.7. The van der Waals surface area contributed by atoms with E-state index in [0.29, 0.717) is 30.8 Å². The van der Waals surface area contributed by atoms with Gasteiger partial charge in [0, 0.05) is 50.0 Å². The Labute approximate surface area is 172 Å². The predicted octanol–water partition coefficient (Wildman–Crippen LogP) is 3.19. The number of amides is 2. The van der Waals surface area contributed by atoms with Gasteiger partial charge >= 0.3 is 0 Å². The lowest BCUT2D eigenvalue weighted by molar-refractivity contribution is 0.0698. The van der Waals surface area contributed by atoms with Crippen molar-refractivity contribution in [2.75, 3.05) is 38.7 Å². The minimum atomic E-state index is -0.0860. The molecule has 0 saturated carbocycles. The third-order valence-electron chi connectivity index (χ3n) is 5.18. The fourth-order valence-electron chi connectivity index (χ4n) is 3.45. The Kier molecular flexibility index (Phi) is 6.75. The highest BCUT2D eigenvalue weighted by atomic mass is 16.5. The van der Waals surface area contributed by atoms with E-state index in [-0.39, 0.29) is 17.9 Å². The van der Waals surface area contributed by atoms with Crippen LogP contribution in [0, 0.1) is 0 Å². The third-order valence-corrected chi connectivity index (χ3v) is 5.18. The molecule has 6 heteroatoms. The smallest absolute Gasteiger partial charge is 0.253 e. The molecule has 2 aromatic rings. The minimum absolute atomic E-state index is 0.0478. The van der Waals surface area contributed by atoms with Gasteiger partial charge in [0.15, 0.2) is 0 Å². The zero-order valence-electron chi connectivity index (χ0n) is 17.4. The number of carbonyl (C=O) groups excluding carboxylic acids is 2. The van der Waals surface area contributed by atoms with Crippen molar-refractivity contribution in [3.63, 3.8) is 0 Å². The molecule has 0 spiro atoms. The van der Waals surface area contributed by atoms with Crippen LogP contribution in [0.5, 0.6) is 5.75 Å². The highest BCUT2D eigenvalue weighted by Gasteiger charge is 2.25. The second-order valence-corrected chi connectivity index (χ2v) is 7.44. The van der Waals surface area contributed by atoms with Crippen LogP contribution in [0.25, 0.3) is 0 Å². The summed E-state index contributed by atoms with van der Waals surface area (Å²) < 4.78 is 5.41. The molecule has 0 aliphatic carbocycles. The molecule has 6 nitrogen and oxygen atoms in total. The maximum atomic E-state index is 12.7. The number of nitrogens with one attached hydrogen (secondary N) is 1. The first-order valence-electron chi connectivity index (χ1n) is 10.1. The van der Waals surface area contributed by atoms with Gasteiger partial charge in [0.05, 0.1) is 6.61 Å². The largest absolute Gasteiger partial charge is 0.494 e. The summed E-state index contributed by atoms with van der Waals surface area (Å²) in [6.45, 7) is 3.81. The van der Waals surface area contributed by atoms with Crippen molar-refractivity contribution in [3.8, 4) is 5.75 Å². The van der Waals surface area contributed by atoms with Crippen LogP contribution < -0.4 is 15.0 Å². The molecule has 1 N–H and O–H groups in total. The first kappa shape index (κ1) is 20.7. The van der Waals surface area contributed by atoms with E-state index in [1.165, 1.54) is 0 Å². The SMILES string of the molecule is CCOc1ccc(C(=O)NC2CCN(C(=O)c3ccc(N(C)C)cc3)CC2)cc1. The van der Waals surface area contributed by atoms with Gasteiger partial charge in [-0.15, -0.1) is 0 Å². The fourth-order valence-corrected chi connectivity index (χ4v) is 3.45. The number of ether oxygens (including phenoxy) is 1. The summed E-state index contributed by atoms with van der Waals surface area (Å²) in [6.07, 6.45) is 1.51. The van der Waals surface area contributed by atoms with Crippen LogP contribution in [0.3, 0.4) is 0 Å². The fraction of sp³-hybridized carbons (Fsp3) is 0.391. The number of carbonyl (C=O) groups is 2. The van der Waals surface area contributed by atoms with Gasteiger partial charge in [0.2, 0.25) is 0 Å². The van der Waals surface area contributed by atoms with Crippen molar-refractivity contribution in [3.05, 3.63) is 59.7 Å². The number of hydrogen-bond acceptors (Lipinski definition) is 4. The lowest BCUT2D eigenvalue weighted by Crippen LogP contribution is -2.46. The van der Waals surface area contributed by atoms with Crippen LogP contribution in [0.2, 0.25) is 0 Å². The molecule has 0 atom stereocenters. The van der Waals surface area contributed by atoms with Gasteiger partial charge in [-0.1, -0.05) is 0 Å². The van der Waals surface area contributed by atoms with Crippen LogP contribution in [0.4, 0.5) is 5.69 Å². The molecule has 1 saturated heterocycles. The molecule has 1 heterocycles. The molecular formula is C23H29N3O3. The Morgan fingerprint density at radius 3 is 2.14 bits per heavy atom. The predicted molar refractivity (Wildman–Crippen MR) is 115 cm³/mol. The van der Waals surface area contributed by atoms with Gasteiger partial charge in [-0.3, -0.25) is 9.59 Å². The van der Waals surface area contributed by atoms with Gasteiger partial charge in [-0.05, 0) is 68.3 Å². The van der Waals surface area contributed by atoms with Crippen LogP contribution in [-0.2, 0) is 0 Å². The lowest BCUT2D eigenvalue weighted by Gasteiger charge is -2.32. The highest BCUT2D eigenvalue weighted by molar-refractivity contribution is 5.95. The summed E-state index contributed by atoms with van der Waals surface area (Å²) in [5.74, 6) is 0.721. The van der Waals surface area contributed by atoms with Crippen LogP contribution >= 0.6 is 0 Å². The van der Waals surface area contributed by atoms with Crippen LogP contribution in [0.15, 0.2) is 48.5 Å². The summed E-state index contributed by atoms with van der Waals surface area (Å²) in [5, 5.41) is 3.08. The topological polar surface area (TPSA) is 61.9 Å². The zero-order chi connectivity index (χ0) is 20.8. The Balaban J connectivity index is 1.50. The van der Waals surface area contributed by atoms with Gasteiger partial charge in [0.25, 0.3) is 11.8 Å². The first-order chi connectivity index (χ1) is 14.0. The standard InChI is InChI=1S/C23H29N3O3/c1-4-29-21-11-7-17(8-12-21)22(27)24-19-13-15-26(16-14-19)23(28)18-5-9-20(10-6-18)25(2)3/h5-12,19H,4,13-16H2,1-3H3,(H,24,27). The number of likely N-dealkylation sites (tertiary alicyclic amines) is 1. The summed E-state index contributed by atoms with van der Waals surface area (Å²) in [5.41, 5.74) is 2.39. The van der Waals surface area contributed by atoms with E-state index in [0.717, 1.165) is 24.3 Å². The second kappa shape index (κ2) is 9.45. The zero-order valence-corrected chi connectivity index (χ0v) is 17.4. The first-order valence-corrected chi connectivity index (χ1v) is 10.1. The van der Waals surface area contributed by atoms with Gasteiger partial charge in [-0.25, -0.2) is 0 Å². The normalized spacial score (nSPS) is 14.4. The van der Waals surface area contributed by atoms with E-state index in [9.17, 15) is 9.59 Å². The molecule has 2 amide bonds. The number of rotatable bonds is 6. The molecule has 1 aliphatic heterocycles. The van der Waals surface area contributed by atoms with Crippen molar-refractivity contribution in [2.45, 2.75) is 25.8 Å². The van der Waals surface area contributed by atoms with E-state index >= 15 is 0 Å². The van der Waals surface area contributed by atoms with Gasteiger partial charge in [0.1, 0.15) is 5.75 Å². The molecule has 2 aromatic carbocycles. The number of anilines is 1. The number of hydrogen-bond donors (Lipinski definition) is 1. The van der Waals surface area contributed by atoms with E-state index in [4.69, 9.17) is 4.74 Å². The molecule has 1 aliphatic rings. The average Bonchev–Trinajstić information content (AvgIpc) is 2.74. The van der Waals surface area contributed by atoms with Crippen LogP contribution in [-0.4, -0.2) is 56.5 Å². The molecule has 3 rings (SSSR count). The molecule has 29 heavy (non-hydrogen) atoms. The van der Waals surface area contributed by atoms with Crippen molar-refractivity contribution in [1.29, 1.82) is 0 Å². The van der Waals surface area contributed by atoms with Crippen LogP contribution in [0.1, 0.15) is 40.5 Å². The number of benzene rings is 2. The second-order valence-electron chi connectivity index (χ2n) is 7.44. The Morgan fingerprint density at radius 1 is 1.00 bits per heavy atom. The van der Waals surface area contributed by atoms with Gasteiger partial charge < -0.3 is 19.9 Å². The van der Waals surface area contributed by atoms with E-state index in [1.54, 1.807) is 24.3 Å². The summed E-state index contributed by atoms with van der Waals surface area (Å²) in [6, 6.07) is 14.9. The summed E-state index contributed by atoms with van der Waals surface area (Å²) in [4.78, 5) is 29.1. The maximum Gasteiger partial charge on any atom is 0.253 e. The number of nitrogens with zero attached hydrogens (tertiary/aromatic N) is 2. The summed E-state index contributed by atoms with van der Waals surface area (Å²) >= 11 is 0. The van der Waals surface area contributed by atoms with Gasteiger partial charge in [-0.2, -0.15) is 0 Å². The minimum Gasteiger partial charge on any atom is -0.494 e. The Hall–Kier alpha value is -3.02. The Bertz CT molecular complexity index is 823. The average molecular weight is 396 g/mol. The number of piperidine rings is 1. The molecule has 0 bridgehead atoms. The Morgan fingerprint density at radius 2 is 1.59 bits per heavy atom. The van der Waals surface area contributed by atoms with Crippen molar-refractivity contribution in [2.24, 2.45) is 0 Å². The van der Waals surface area contributed by atoms with Crippen molar-refractivity contribution in [1.82, 2.24) is 10.2 Å². The molecule has 0 unspecified atom stereocenters. The highest BCUT2D eigenvalue weighted by Crippen LogP contribution is 2.18. The molecule has 0 aromatic heterocycles. The third kappa shape index (κ3) is 5.28. The van der Waals surface area contributed by atoms with E-state index in [1.807, 2.05) is 55.1 Å². The van der Waals surface area contributed by atoms with E-state index < -0.39 is 0 Å². The molecule has 1 fully saturated rings.